The van der Waals surface area contributed by atoms with Crippen LogP contribution < -0.4 is 5.56 Å². The zero-order valence-corrected chi connectivity index (χ0v) is 12.8. The lowest BCUT2D eigenvalue weighted by Gasteiger charge is -2.36. The summed E-state index contributed by atoms with van der Waals surface area (Å²) in [5, 5.41) is 13.3. The number of ether oxygens (including phenoxy) is 1. The van der Waals surface area contributed by atoms with E-state index in [0.29, 0.717) is 17.8 Å². The van der Waals surface area contributed by atoms with Crippen LogP contribution in [0.2, 0.25) is 0 Å². The van der Waals surface area contributed by atoms with Gasteiger partial charge in [-0.2, -0.15) is 5.10 Å². The largest absolute Gasteiger partial charge is 0.394 e. The topological polar surface area (TPSA) is 84.7 Å². The van der Waals surface area contributed by atoms with Gasteiger partial charge in [-0.25, -0.2) is 4.68 Å². The van der Waals surface area contributed by atoms with Crippen LogP contribution in [0.4, 0.5) is 0 Å². The summed E-state index contributed by atoms with van der Waals surface area (Å²) < 4.78 is 6.70. The summed E-state index contributed by atoms with van der Waals surface area (Å²) in [6, 6.07) is 0. The lowest BCUT2D eigenvalue weighted by Crippen LogP contribution is -2.51. The molecule has 0 bridgehead atoms. The van der Waals surface area contributed by atoms with Gasteiger partial charge in [0.25, 0.3) is 11.5 Å². The third-order valence-electron chi connectivity index (χ3n) is 3.76. The molecule has 1 saturated heterocycles. The van der Waals surface area contributed by atoms with Gasteiger partial charge in [0.15, 0.2) is 0 Å². The quantitative estimate of drug-likeness (QED) is 0.804. The van der Waals surface area contributed by atoms with Crippen LogP contribution in [0.3, 0.4) is 0 Å². The van der Waals surface area contributed by atoms with Crippen LogP contribution in [0, 0.1) is 13.8 Å². The third kappa shape index (κ3) is 2.98. The molecule has 21 heavy (non-hydrogen) atoms. The Kier molecular flexibility index (Phi) is 4.43. The van der Waals surface area contributed by atoms with E-state index in [-0.39, 0.29) is 30.7 Å². The van der Waals surface area contributed by atoms with E-state index in [4.69, 9.17) is 4.74 Å². The molecule has 116 valence electrons. The summed E-state index contributed by atoms with van der Waals surface area (Å²) in [6.45, 7) is 5.86. The molecule has 0 aliphatic carbocycles. The number of morpholine rings is 1. The predicted octanol–water partition coefficient (Wildman–Crippen LogP) is -0.381. The summed E-state index contributed by atoms with van der Waals surface area (Å²) >= 11 is 0. The number of rotatable bonds is 2. The Balaban J connectivity index is 2.38. The normalized spacial score (nSPS) is 22.4. The van der Waals surface area contributed by atoms with Gasteiger partial charge < -0.3 is 14.7 Å². The van der Waals surface area contributed by atoms with Gasteiger partial charge in [0.05, 0.1) is 24.5 Å². The third-order valence-corrected chi connectivity index (χ3v) is 3.76. The molecule has 1 N–H and O–H groups in total. The first-order chi connectivity index (χ1) is 9.85. The van der Waals surface area contributed by atoms with Gasteiger partial charge in [-0.05, 0) is 26.3 Å². The molecule has 0 saturated carbocycles. The molecule has 1 aromatic rings. The maximum absolute atomic E-state index is 12.7. The van der Waals surface area contributed by atoms with Crippen LogP contribution in [0.25, 0.3) is 0 Å². The Bertz CT molecular complexity index is 611. The second-order valence-electron chi connectivity index (χ2n) is 5.48. The standard InChI is InChI=1S/C14H21N3O4/c1-8-5-17(6-11(7-18)21-8)14(20)12-9(2)10(3)15-16(4)13(12)19/h8,11,18H,5-7H2,1-4H3. The highest BCUT2D eigenvalue weighted by molar-refractivity contribution is 5.95. The number of hydrogen-bond acceptors (Lipinski definition) is 5. The number of aryl methyl sites for hydroxylation is 2. The van der Waals surface area contributed by atoms with Crippen LogP contribution in [0.5, 0.6) is 0 Å². The maximum Gasteiger partial charge on any atom is 0.279 e. The summed E-state index contributed by atoms with van der Waals surface area (Å²) in [4.78, 5) is 26.5. The Morgan fingerprint density at radius 3 is 2.71 bits per heavy atom. The zero-order chi connectivity index (χ0) is 15.7. The van der Waals surface area contributed by atoms with Crippen molar-refractivity contribution in [2.45, 2.75) is 33.0 Å². The first-order valence-electron chi connectivity index (χ1n) is 6.95. The molecule has 7 heteroatoms. The van der Waals surface area contributed by atoms with E-state index >= 15 is 0 Å². The Hall–Kier alpha value is -1.73. The minimum Gasteiger partial charge on any atom is -0.394 e. The van der Waals surface area contributed by atoms with E-state index in [9.17, 15) is 14.7 Å². The molecule has 2 atom stereocenters. The van der Waals surface area contributed by atoms with Crippen molar-refractivity contribution in [2.24, 2.45) is 7.05 Å². The predicted molar refractivity (Wildman–Crippen MR) is 76.3 cm³/mol. The number of hydrogen-bond donors (Lipinski definition) is 1. The van der Waals surface area contributed by atoms with Gasteiger partial charge in [0, 0.05) is 20.1 Å². The molecule has 0 radical (unpaired) electrons. The van der Waals surface area contributed by atoms with Crippen LogP contribution in [0.15, 0.2) is 4.79 Å². The van der Waals surface area contributed by atoms with Crippen molar-refractivity contribution in [3.8, 4) is 0 Å². The highest BCUT2D eigenvalue weighted by atomic mass is 16.5. The lowest BCUT2D eigenvalue weighted by atomic mass is 10.1. The van der Waals surface area contributed by atoms with Crippen molar-refractivity contribution in [3.05, 3.63) is 27.2 Å². The molecular formula is C14H21N3O4. The first-order valence-corrected chi connectivity index (χ1v) is 6.95. The number of aliphatic hydroxyl groups excluding tert-OH is 1. The van der Waals surface area contributed by atoms with Gasteiger partial charge in [-0.15, -0.1) is 0 Å². The fourth-order valence-corrected chi connectivity index (χ4v) is 2.57. The van der Waals surface area contributed by atoms with Crippen molar-refractivity contribution in [3.63, 3.8) is 0 Å². The van der Waals surface area contributed by atoms with Gasteiger partial charge in [-0.1, -0.05) is 0 Å². The van der Waals surface area contributed by atoms with E-state index in [2.05, 4.69) is 5.10 Å². The number of aromatic nitrogens is 2. The monoisotopic (exact) mass is 295 g/mol. The van der Waals surface area contributed by atoms with Gasteiger partial charge in [0.2, 0.25) is 0 Å². The molecule has 0 spiro atoms. The Morgan fingerprint density at radius 2 is 2.10 bits per heavy atom. The fraction of sp³-hybridized carbons (Fsp3) is 0.643. The molecule has 1 amide bonds. The number of amides is 1. The van der Waals surface area contributed by atoms with E-state index in [0.717, 1.165) is 0 Å². The molecular weight excluding hydrogens is 274 g/mol. The van der Waals surface area contributed by atoms with Gasteiger partial charge >= 0.3 is 0 Å². The molecule has 2 unspecified atom stereocenters. The molecule has 1 aliphatic heterocycles. The zero-order valence-electron chi connectivity index (χ0n) is 12.8. The van der Waals surface area contributed by atoms with Crippen molar-refractivity contribution >= 4 is 5.91 Å². The van der Waals surface area contributed by atoms with Crippen molar-refractivity contribution in [2.75, 3.05) is 19.7 Å². The molecule has 7 nitrogen and oxygen atoms in total. The van der Waals surface area contributed by atoms with Crippen LogP contribution >= 0.6 is 0 Å². The second-order valence-corrected chi connectivity index (χ2v) is 5.48. The van der Waals surface area contributed by atoms with Crippen molar-refractivity contribution in [1.29, 1.82) is 0 Å². The maximum atomic E-state index is 12.7. The number of nitrogens with zero attached hydrogens (tertiary/aromatic N) is 3. The minimum atomic E-state index is -0.412. The number of carbonyl (C=O) groups is 1. The van der Waals surface area contributed by atoms with Gasteiger partial charge in [-0.3, -0.25) is 9.59 Å². The molecule has 0 aromatic carbocycles. The smallest absolute Gasteiger partial charge is 0.279 e. The summed E-state index contributed by atoms with van der Waals surface area (Å²) in [7, 11) is 1.53. The summed E-state index contributed by atoms with van der Waals surface area (Å²) in [5.41, 5.74) is 1.00. The number of carbonyl (C=O) groups excluding carboxylic acids is 1. The van der Waals surface area contributed by atoms with E-state index < -0.39 is 11.7 Å². The van der Waals surface area contributed by atoms with Crippen LogP contribution in [-0.4, -0.2) is 57.6 Å². The van der Waals surface area contributed by atoms with Crippen LogP contribution in [0.1, 0.15) is 28.5 Å². The summed E-state index contributed by atoms with van der Waals surface area (Å²) in [6.07, 6.45) is -0.586. The molecule has 2 rings (SSSR count). The lowest BCUT2D eigenvalue weighted by molar-refractivity contribution is -0.0859. The Morgan fingerprint density at radius 1 is 1.43 bits per heavy atom. The first kappa shape index (κ1) is 15.7. The van der Waals surface area contributed by atoms with E-state index in [1.54, 1.807) is 18.7 Å². The van der Waals surface area contributed by atoms with E-state index in [1.807, 2.05) is 6.92 Å². The minimum absolute atomic E-state index is 0.149. The molecule has 1 aromatic heterocycles. The van der Waals surface area contributed by atoms with E-state index in [1.165, 1.54) is 11.7 Å². The SMILES string of the molecule is Cc1nn(C)c(=O)c(C(=O)N2CC(C)OC(CO)C2)c1C. The average molecular weight is 295 g/mol. The Labute approximate surface area is 123 Å². The second kappa shape index (κ2) is 5.95. The van der Waals surface area contributed by atoms with Crippen molar-refractivity contribution < 1.29 is 14.6 Å². The highest BCUT2D eigenvalue weighted by Crippen LogP contribution is 2.15. The average Bonchev–Trinajstić information content (AvgIpc) is 2.44. The summed E-state index contributed by atoms with van der Waals surface area (Å²) in [5.74, 6) is -0.327. The molecule has 1 aliphatic rings. The van der Waals surface area contributed by atoms with Crippen LogP contribution in [-0.2, 0) is 11.8 Å². The van der Waals surface area contributed by atoms with Gasteiger partial charge in [0.1, 0.15) is 5.56 Å². The highest BCUT2D eigenvalue weighted by Gasteiger charge is 2.31. The molecule has 2 heterocycles. The van der Waals surface area contributed by atoms with Crippen molar-refractivity contribution in [1.82, 2.24) is 14.7 Å². The fourth-order valence-electron chi connectivity index (χ4n) is 2.57. The number of aliphatic hydroxyl groups is 1. The molecule has 1 fully saturated rings.